The molecule has 2 unspecified atom stereocenters. The molecule has 0 aliphatic heterocycles. The summed E-state index contributed by atoms with van der Waals surface area (Å²) in [7, 11) is 1.12. The summed E-state index contributed by atoms with van der Waals surface area (Å²) in [6, 6.07) is 10.6. The molecule has 1 aromatic heterocycles. The van der Waals surface area contributed by atoms with Crippen LogP contribution in [0, 0.1) is 5.82 Å². The van der Waals surface area contributed by atoms with Crippen molar-refractivity contribution >= 4 is 29.6 Å². The van der Waals surface area contributed by atoms with E-state index in [1.165, 1.54) is 24.3 Å². The number of ether oxygens (including phenoxy) is 1. The molecule has 2 atom stereocenters. The zero-order valence-corrected chi connectivity index (χ0v) is 20.3. The molecule has 3 rings (SSSR count). The second-order valence-electron chi connectivity index (χ2n) is 7.99. The van der Waals surface area contributed by atoms with Crippen molar-refractivity contribution in [1.29, 1.82) is 0 Å². The fraction of sp³-hybridized carbons (Fsp3) is 0.280. The highest BCUT2D eigenvalue weighted by Gasteiger charge is 2.27. The molecule has 0 bridgehead atoms. The molecule has 0 fully saturated rings. The lowest BCUT2D eigenvalue weighted by molar-refractivity contribution is -0.139. The lowest BCUT2D eigenvalue weighted by Gasteiger charge is -2.22. The maximum atomic E-state index is 14.2. The van der Waals surface area contributed by atoms with Crippen molar-refractivity contribution < 1.29 is 33.1 Å². The van der Waals surface area contributed by atoms with Crippen LogP contribution in [0.4, 0.5) is 9.18 Å². The summed E-state index contributed by atoms with van der Waals surface area (Å²) >= 11 is 5.99. The van der Waals surface area contributed by atoms with E-state index in [0.29, 0.717) is 28.3 Å². The summed E-state index contributed by atoms with van der Waals surface area (Å²) in [6.45, 7) is 1.86. The molecule has 0 saturated carbocycles. The minimum Gasteiger partial charge on any atom is -0.480 e. The van der Waals surface area contributed by atoms with Gasteiger partial charge in [-0.2, -0.15) is 0 Å². The van der Waals surface area contributed by atoms with E-state index in [9.17, 15) is 23.9 Å². The number of carbonyl (C=O) groups excluding carboxylic acids is 2. The molecule has 0 radical (unpaired) electrons. The molecule has 0 aliphatic rings. The van der Waals surface area contributed by atoms with Crippen LogP contribution in [0.15, 0.2) is 53.1 Å². The number of benzene rings is 2. The number of amides is 2. The minimum absolute atomic E-state index is 0.0172. The second-order valence-corrected chi connectivity index (χ2v) is 8.43. The third-order valence-electron chi connectivity index (χ3n) is 5.45. The number of aliphatic carboxylic acids is 1. The Morgan fingerprint density at radius 2 is 1.86 bits per heavy atom. The molecular weight excluding hydrogens is 493 g/mol. The van der Waals surface area contributed by atoms with E-state index in [0.717, 1.165) is 12.7 Å². The predicted octanol–water partition coefficient (Wildman–Crippen LogP) is 4.24. The number of alkyl carbamates (subject to hydrolysis) is 1. The Balaban J connectivity index is 1.82. The first-order valence-electron chi connectivity index (χ1n) is 11.1. The van der Waals surface area contributed by atoms with Gasteiger partial charge >= 0.3 is 12.1 Å². The summed E-state index contributed by atoms with van der Waals surface area (Å²) in [6.07, 6.45) is -0.270. The predicted molar refractivity (Wildman–Crippen MR) is 129 cm³/mol. The van der Waals surface area contributed by atoms with E-state index in [2.05, 4.69) is 20.5 Å². The third kappa shape index (κ3) is 7.05. The molecule has 190 valence electrons. The van der Waals surface area contributed by atoms with Crippen molar-refractivity contribution in [2.45, 2.75) is 38.3 Å². The van der Waals surface area contributed by atoms with Crippen LogP contribution in [-0.2, 0) is 22.4 Å². The first-order valence-corrected chi connectivity index (χ1v) is 11.5. The van der Waals surface area contributed by atoms with Crippen molar-refractivity contribution in [3.05, 3.63) is 76.4 Å². The number of nitrogens with one attached hydrogen (secondary N) is 2. The van der Waals surface area contributed by atoms with Crippen molar-refractivity contribution in [3.63, 3.8) is 0 Å². The van der Waals surface area contributed by atoms with Crippen LogP contribution in [-0.4, -0.2) is 47.4 Å². The van der Waals surface area contributed by atoms with Crippen LogP contribution in [0.1, 0.15) is 35.2 Å². The summed E-state index contributed by atoms with van der Waals surface area (Å²) in [5.74, 6) is -2.31. The van der Waals surface area contributed by atoms with Gasteiger partial charge in [0.05, 0.1) is 12.8 Å². The monoisotopic (exact) mass is 517 g/mol. The number of rotatable bonds is 10. The van der Waals surface area contributed by atoms with Gasteiger partial charge in [0.15, 0.2) is 0 Å². The Morgan fingerprint density at radius 1 is 1.14 bits per heavy atom. The smallest absolute Gasteiger partial charge is 0.407 e. The van der Waals surface area contributed by atoms with E-state index in [4.69, 9.17) is 16.1 Å². The van der Waals surface area contributed by atoms with Crippen LogP contribution in [0.2, 0.25) is 5.02 Å². The van der Waals surface area contributed by atoms with Gasteiger partial charge in [-0.3, -0.25) is 4.79 Å². The van der Waals surface area contributed by atoms with Gasteiger partial charge in [-0.1, -0.05) is 47.9 Å². The molecule has 2 amide bonds. The molecule has 9 nitrogen and oxygen atoms in total. The minimum atomic E-state index is -1.33. The molecule has 11 heteroatoms. The van der Waals surface area contributed by atoms with Gasteiger partial charge < -0.3 is 25.0 Å². The first kappa shape index (κ1) is 26.7. The highest BCUT2D eigenvalue weighted by molar-refractivity contribution is 6.30. The Morgan fingerprint density at radius 3 is 2.47 bits per heavy atom. The molecule has 3 aromatic rings. The highest BCUT2D eigenvalue weighted by Crippen LogP contribution is 2.26. The molecule has 2 aromatic carbocycles. The third-order valence-corrected chi connectivity index (χ3v) is 5.69. The number of carbonyl (C=O) groups is 3. The number of aromatic nitrogens is 1. The Labute approximate surface area is 211 Å². The van der Waals surface area contributed by atoms with Gasteiger partial charge in [0.2, 0.25) is 5.76 Å². The number of methoxy groups -OCH3 is 1. The van der Waals surface area contributed by atoms with E-state index >= 15 is 0 Å². The van der Waals surface area contributed by atoms with Gasteiger partial charge in [0, 0.05) is 22.7 Å². The van der Waals surface area contributed by atoms with Crippen molar-refractivity contribution in [2.75, 3.05) is 7.11 Å². The summed E-state index contributed by atoms with van der Waals surface area (Å²) < 4.78 is 23.8. The van der Waals surface area contributed by atoms with Crippen molar-refractivity contribution in [1.82, 2.24) is 15.8 Å². The SMILES string of the molecule is CCc1cc(C(=O)NC(Cc2ccc(-c3cc(Cl)ccc3F)cc2)CC(NC(=O)OC)C(=O)O)on1. The summed E-state index contributed by atoms with van der Waals surface area (Å²) in [5.41, 5.74) is 2.27. The number of halogens is 2. The van der Waals surface area contributed by atoms with Crippen LogP contribution < -0.4 is 10.6 Å². The molecule has 36 heavy (non-hydrogen) atoms. The summed E-state index contributed by atoms with van der Waals surface area (Å²) in [5, 5.41) is 18.8. The lowest BCUT2D eigenvalue weighted by Crippen LogP contribution is -2.47. The number of aryl methyl sites for hydroxylation is 1. The van der Waals surface area contributed by atoms with Crippen LogP contribution >= 0.6 is 11.6 Å². The molecule has 1 heterocycles. The normalized spacial score (nSPS) is 12.4. The standard InChI is InChI=1S/C25H25ClFN3O6/c1-3-17-13-22(36-30-17)23(31)28-18(12-21(24(32)33)29-25(34)35-2)10-14-4-6-15(7-5-14)19-11-16(26)8-9-20(19)27/h4-9,11,13,18,21H,3,10,12H2,1-2H3,(H,28,31)(H,29,34)(H,32,33). The number of carboxylic acids is 1. The molecular formula is C25H25ClFN3O6. The average molecular weight is 518 g/mol. The molecule has 0 aliphatic carbocycles. The van der Waals surface area contributed by atoms with Gasteiger partial charge in [-0.15, -0.1) is 0 Å². The number of hydrogen-bond donors (Lipinski definition) is 3. The Kier molecular flexibility index (Phi) is 9.02. The Bertz CT molecular complexity index is 1230. The fourth-order valence-corrected chi connectivity index (χ4v) is 3.74. The van der Waals surface area contributed by atoms with Gasteiger partial charge in [-0.25, -0.2) is 14.0 Å². The van der Waals surface area contributed by atoms with E-state index in [1.807, 2.05) is 6.92 Å². The molecule has 0 spiro atoms. The zero-order valence-electron chi connectivity index (χ0n) is 19.6. The van der Waals surface area contributed by atoms with E-state index in [-0.39, 0.29) is 18.6 Å². The van der Waals surface area contributed by atoms with Gasteiger partial charge in [0.25, 0.3) is 5.91 Å². The van der Waals surface area contributed by atoms with Crippen LogP contribution in [0.5, 0.6) is 0 Å². The van der Waals surface area contributed by atoms with E-state index < -0.39 is 35.9 Å². The van der Waals surface area contributed by atoms with Crippen LogP contribution in [0.25, 0.3) is 11.1 Å². The van der Waals surface area contributed by atoms with E-state index in [1.54, 1.807) is 24.3 Å². The quantitative estimate of drug-likeness (QED) is 0.366. The average Bonchev–Trinajstić information content (AvgIpc) is 3.35. The number of carboxylic acid groups (broad SMARTS) is 1. The fourth-order valence-electron chi connectivity index (χ4n) is 3.57. The van der Waals surface area contributed by atoms with Gasteiger partial charge in [0.1, 0.15) is 11.9 Å². The van der Waals surface area contributed by atoms with Crippen molar-refractivity contribution in [3.8, 4) is 11.1 Å². The lowest BCUT2D eigenvalue weighted by atomic mass is 9.97. The van der Waals surface area contributed by atoms with Crippen LogP contribution in [0.3, 0.4) is 0 Å². The largest absolute Gasteiger partial charge is 0.480 e. The maximum absolute atomic E-state index is 14.2. The first-order chi connectivity index (χ1) is 17.2. The Hall–Kier alpha value is -3.92. The maximum Gasteiger partial charge on any atom is 0.407 e. The second kappa shape index (κ2) is 12.2. The number of hydrogen-bond acceptors (Lipinski definition) is 6. The zero-order chi connectivity index (χ0) is 26.2. The molecule has 3 N–H and O–H groups in total. The summed E-state index contributed by atoms with van der Waals surface area (Å²) in [4.78, 5) is 36.1. The number of nitrogens with zero attached hydrogens (tertiary/aromatic N) is 1. The highest BCUT2D eigenvalue weighted by atomic mass is 35.5. The molecule has 0 saturated heterocycles. The topological polar surface area (TPSA) is 131 Å². The van der Waals surface area contributed by atoms with Gasteiger partial charge in [-0.05, 0) is 48.6 Å². The van der Waals surface area contributed by atoms with Crippen molar-refractivity contribution in [2.24, 2.45) is 0 Å².